The molecule has 118 valence electrons. The van der Waals surface area contributed by atoms with Crippen LogP contribution in [-0.2, 0) is 7.05 Å². The third kappa shape index (κ3) is 2.72. The van der Waals surface area contributed by atoms with Crippen LogP contribution in [-0.4, -0.2) is 32.8 Å². The van der Waals surface area contributed by atoms with E-state index < -0.39 is 0 Å². The lowest BCUT2D eigenvalue weighted by Crippen LogP contribution is -2.30. The second-order valence-corrected chi connectivity index (χ2v) is 5.92. The van der Waals surface area contributed by atoms with Gasteiger partial charge in [-0.3, -0.25) is 4.68 Å². The van der Waals surface area contributed by atoms with Crippen molar-refractivity contribution >= 4 is 28.5 Å². The van der Waals surface area contributed by atoms with Crippen molar-refractivity contribution in [1.82, 2.24) is 19.7 Å². The Kier molecular flexibility index (Phi) is 3.57. The number of aromatic nitrogens is 4. The van der Waals surface area contributed by atoms with Gasteiger partial charge in [0.15, 0.2) is 5.65 Å². The summed E-state index contributed by atoms with van der Waals surface area (Å²) in [6.45, 7) is 2.09. The molecular formula is C17H20N6. The molecule has 6 heteroatoms. The topological polar surface area (TPSA) is 58.9 Å². The van der Waals surface area contributed by atoms with Gasteiger partial charge in [0, 0.05) is 25.8 Å². The van der Waals surface area contributed by atoms with Gasteiger partial charge in [0.1, 0.15) is 5.82 Å². The van der Waals surface area contributed by atoms with E-state index in [2.05, 4.69) is 20.3 Å². The molecule has 1 aliphatic heterocycles. The Hall–Kier alpha value is -2.63. The quantitative estimate of drug-likeness (QED) is 0.805. The van der Waals surface area contributed by atoms with Crippen LogP contribution in [0, 0.1) is 0 Å². The van der Waals surface area contributed by atoms with Gasteiger partial charge in [-0.2, -0.15) is 15.1 Å². The molecule has 1 aromatic carbocycles. The van der Waals surface area contributed by atoms with Crippen molar-refractivity contribution < 1.29 is 0 Å². The lowest BCUT2D eigenvalue weighted by atomic mass is 10.1. The fourth-order valence-corrected chi connectivity index (χ4v) is 3.06. The third-order valence-corrected chi connectivity index (χ3v) is 4.26. The van der Waals surface area contributed by atoms with E-state index in [1.165, 1.54) is 19.3 Å². The molecule has 1 aliphatic rings. The number of aryl methyl sites for hydroxylation is 1. The highest BCUT2D eigenvalue weighted by Gasteiger charge is 2.19. The van der Waals surface area contributed by atoms with E-state index in [9.17, 15) is 0 Å². The summed E-state index contributed by atoms with van der Waals surface area (Å²) in [5.41, 5.74) is 1.85. The zero-order chi connectivity index (χ0) is 15.6. The van der Waals surface area contributed by atoms with Crippen LogP contribution in [0.1, 0.15) is 19.3 Å². The maximum atomic E-state index is 4.78. The average molecular weight is 308 g/mol. The summed E-state index contributed by atoms with van der Waals surface area (Å²) in [6.07, 6.45) is 5.60. The first-order chi connectivity index (χ1) is 11.3. The first-order valence-corrected chi connectivity index (χ1v) is 8.08. The molecule has 2 aromatic heterocycles. The number of nitrogens with one attached hydrogen (secondary N) is 1. The highest BCUT2D eigenvalue weighted by molar-refractivity contribution is 5.88. The van der Waals surface area contributed by atoms with Crippen molar-refractivity contribution in [2.75, 3.05) is 23.3 Å². The fourth-order valence-electron chi connectivity index (χ4n) is 3.06. The largest absolute Gasteiger partial charge is 0.356 e. The average Bonchev–Trinajstić information content (AvgIpc) is 2.97. The molecule has 1 saturated heterocycles. The molecule has 1 N–H and O–H groups in total. The van der Waals surface area contributed by atoms with Gasteiger partial charge < -0.3 is 10.2 Å². The van der Waals surface area contributed by atoms with Gasteiger partial charge >= 0.3 is 0 Å². The Balaban J connectivity index is 1.77. The van der Waals surface area contributed by atoms with Crippen molar-refractivity contribution in [2.45, 2.75) is 19.3 Å². The maximum absolute atomic E-state index is 4.78. The monoisotopic (exact) mass is 308 g/mol. The van der Waals surface area contributed by atoms with Gasteiger partial charge in [-0.25, -0.2) is 0 Å². The van der Waals surface area contributed by atoms with Crippen molar-refractivity contribution in [2.24, 2.45) is 7.05 Å². The van der Waals surface area contributed by atoms with Gasteiger partial charge in [-0.15, -0.1) is 0 Å². The lowest BCUT2D eigenvalue weighted by Gasteiger charge is -2.28. The van der Waals surface area contributed by atoms with Crippen LogP contribution >= 0.6 is 0 Å². The Morgan fingerprint density at radius 3 is 2.57 bits per heavy atom. The van der Waals surface area contributed by atoms with Gasteiger partial charge in [0.2, 0.25) is 5.95 Å². The summed E-state index contributed by atoms with van der Waals surface area (Å²) in [6, 6.07) is 10.0. The highest BCUT2D eigenvalue weighted by atomic mass is 15.3. The van der Waals surface area contributed by atoms with E-state index in [0.29, 0.717) is 5.95 Å². The molecule has 0 aliphatic carbocycles. The SMILES string of the molecule is Cn1ncc2c(N3CCCCC3)nc(Nc3ccccc3)nc21. The van der Waals surface area contributed by atoms with Gasteiger partial charge in [0.25, 0.3) is 0 Å². The van der Waals surface area contributed by atoms with Crippen LogP contribution in [0.15, 0.2) is 36.5 Å². The zero-order valence-electron chi connectivity index (χ0n) is 13.2. The van der Waals surface area contributed by atoms with Crippen LogP contribution in [0.5, 0.6) is 0 Å². The molecule has 0 saturated carbocycles. The minimum atomic E-state index is 0.618. The number of rotatable bonds is 3. The van der Waals surface area contributed by atoms with E-state index in [0.717, 1.165) is 35.6 Å². The van der Waals surface area contributed by atoms with Crippen LogP contribution in [0.25, 0.3) is 11.0 Å². The van der Waals surface area contributed by atoms with Crippen molar-refractivity contribution in [3.05, 3.63) is 36.5 Å². The molecule has 4 rings (SSSR count). The number of piperidine rings is 1. The van der Waals surface area contributed by atoms with E-state index in [1.54, 1.807) is 4.68 Å². The molecule has 3 aromatic rings. The van der Waals surface area contributed by atoms with Crippen molar-refractivity contribution in [3.8, 4) is 0 Å². The first kappa shape index (κ1) is 14.0. The number of para-hydroxylation sites is 1. The number of anilines is 3. The first-order valence-electron chi connectivity index (χ1n) is 8.08. The molecule has 0 bridgehead atoms. The molecule has 0 radical (unpaired) electrons. The predicted octanol–water partition coefficient (Wildman–Crippen LogP) is 3.10. The van der Waals surface area contributed by atoms with Crippen LogP contribution < -0.4 is 10.2 Å². The summed E-state index contributed by atoms with van der Waals surface area (Å²) in [5, 5.41) is 8.68. The van der Waals surface area contributed by atoms with Crippen LogP contribution in [0.2, 0.25) is 0 Å². The molecule has 6 nitrogen and oxygen atoms in total. The summed E-state index contributed by atoms with van der Waals surface area (Å²) in [7, 11) is 1.92. The normalized spacial score (nSPS) is 15.1. The maximum Gasteiger partial charge on any atom is 0.231 e. The second-order valence-electron chi connectivity index (χ2n) is 5.92. The Morgan fingerprint density at radius 2 is 1.78 bits per heavy atom. The van der Waals surface area contributed by atoms with Gasteiger partial charge in [0.05, 0.1) is 11.6 Å². The molecule has 0 amide bonds. The summed E-state index contributed by atoms with van der Waals surface area (Å²) < 4.78 is 1.81. The smallest absolute Gasteiger partial charge is 0.231 e. The summed E-state index contributed by atoms with van der Waals surface area (Å²) in [4.78, 5) is 11.8. The molecule has 23 heavy (non-hydrogen) atoms. The highest BCUT2D eigenvalue weighted by Crippen LogP contribution is 2.28. The Bertz CT molecular complexity index is 805. The molecule has 3 heterocycles. The Labute approximate surface area is 135 Å². The number of hydrogen-bond acceptors (Lipinski definition) is 5. The minimum Gasteiger partial charge on any atom is -0.356 e. The number of hydrogen-bond donors (Lipinski definition) is 1. The predicted molar refractivity (Wildman–Crippen MR) is 92.1 cm³/mol. The second kappa shape index (κ2) is 5.87. The molecule has 1 fully saturated rings. The molecule has 0 spiro atoms. The zero-order valence-corrected chi connectivity index (χ0v) is 13.2. The molecular weight excluding hydrogens is 288 g/mol. The van der Waals surface area contributed by atoms with E-state index in [-0.39, 0.29) is 0 Å². The van der Waals surface area contributed by atoms with E-state index in [4.69, 9.17) is 4.98 Å². The summed E-state index contributed by atoms with van der Waals surface area (Å²) >= 11 is 0. The van der Waals surface area contributed by atoms with E-state index >= 15 is 0 Å². The molecule has 0 atom stereocenters. The third-order valence-electron chi connectivity index (χ3n) is 4.26. The van der Waals surface area contributed by atoms with Crippen molar-refractivity contribution in [1.29, 1.82) is 0 Å². The fraction of sp³-hybridized carbons (Fsp3) is 0.353. The van der Waals surface area contributed by atoms with Gasteiger partial charge in [-0.05, 0) is 31.4 Å². The minimum absolute atomic E-state index is 0.618. The number of fused-ring (bicyclic) bond motifs is 1. The van der Waals surface area contributed by atoms with E-state index in [1.807, 2.05) is 43.6 Å². The Morgan fingerprint density at radius 1 is 1.00 bits per heavy atom. The lowest BCUT2D eigenvalue weighted by molar-refractivity contribution is 0.575. The standard InChI is InChI=1S/C17H20N6/c1-22-15-14(12-18-22)16(23-10-6-3-7-11-23)21-17(20-15)19-13-8-4-2-5-9-13/h2,4-5,8-9,12H,3,6-7,10-11H2,1H3,(H,19,20,21). The van der Waals surface area contributed by atoms with Crippen molar-refractivity contribution in [3.63, 3.8) is 0 Å². The van der Waals surface area contributed by atoms with Crippen LogP contribution in [0.4, 0.5) is 17.5 Å². The number of benzene rings is 1. The van der Waals surface area contributed by atoms with Crippen LogP contribution in [0.3, 0.4) is 0 Å². The number of nitrogens with zero attached hydrogens (tertiary/aromatic N) is 5. The van der Waals surface area contributed by atoms with Gasteiger partial charge in [-0.1, -0.05) is 18.2 Å². The molecule has 0 unspecified atom stereocenters. The summed E-state index contributed by atoms with van der Waals surface area (Å²) in [5.74, 6) is 1.61.